The van der Waals surface area contributed by atoms with E-state index < -0.39 is 6.10 Å². The fourth-order valence-corrected chi connectivity index (χ4v) is 5.24. The van der Waals surface area contributed by atoms with Crippen LogP contribution in [0.15, 0.2) is 28.8 Å². The number of esters is 1. The third-order valence-corrected chi connectivity index (χ3v) is 7.53. The zero-order valence-corrected chi connectivity index (χ0v) is 21.0. The standard InChI is InChI=1S/C26H39NO4S/c1-17-8-7-11-26(4)23(31-26)15-21(30-25(29)16-22(28)19(3)12-17)14-18(2)13-20-9-6-10-24(27-20)32-5/h6,9-10,13,17,19,21-23,28H,7-8,11-12,14-16H2,1-5H3/b18-13+/t17-,19?,21-,22+,23+,26-/m1/s1. The molecule has 2 aliphatic rings. The van der Waals surface area contributed by atoms with Crippen LogP contribution in [0.1, 0.15) is 78.3 Å². The van der Waals surface area contributed by atoms with E-state index in [1.54, 1.807) is 11.8 Å². The van der Waals surface area contributed by atoms with Crippen molar-refractivity contribution in [3.63, 3.8) is 0 Å². The lowest BCUT2D eigenvalue weighted by molar-refractivity contribution is -0.152. The predicted molar refractivity (Wildman–Crippen MR) is 129 cm³/mol. The molecule has 3 rings (SSSR count). The van der Waals surface area contributed by atoms with Crippen LogP contribution in [-0.4, -0.2) is 46.2 Å². The van der Waals surface area contributed by atoms with E-state index >= 15 is 0 Å². The number of rotatable bonds is 4. The van der Waals surface area contributed by atoms with Crippen LogP contribution < -0.4 is 0 Å². The van der Waals surface area contributed by atoms with Crippen molar-refractivity contribution in [2.24, 2.45) is 11.8 Å². The molecule has 1 N–H and O–H groups in total. The molecule has 0 amide bonds. The fourth-order valence-electron chi connectivity index (χ4n) is 4.83. The SMILES string of the molecule is CSc1cccc(/C=C(\C)C[C@@H]2C[C@@H]3O[C@]3(C)CCC[C@@H](C)CC(C)[C@@H](O)CC(=O)O2)n1. The number of aliphatic hydroxyl groups excluding tert-OH is 1. The summed E-state index contributed by atoms with van der Waals surface area (Å²) in [6, 6.07) is 5.99. The molecule has 0 bridgehead atoms. The van der Waals surface area contributed by atoms with Gasteiger partial charge in [-0.1, -0.05) is 38.3 Å². The number of hydrogen-bond acceptors (Lipinski definition) is 6. The number of carbonyl (C=O) groups is 1. The van der Waals surface area contributed by atoms with Crippen LogP contribution in [0.2, 0.25) is 0 Å². The minimum Gasteiger partial charge on any atom is -0.462 e. The van der Waals surface area contributed by atoms with Gasteiger partial charge in [0.05, 0.1) is 34.9 Å². The molecule has 0 aliphatic carbocycles. The Balaban J connectivity index is 1.71. The molecule has 1 aromatic rings. The number of ether oxygens (including phenoxy) is 2. The zero-order chi connectivity index (χ0) is 23.3. The maximum atomic E-state index is 12.7. The first-order valence-corrected chi connectivity index (χ1v) is 13.1. The molecular weight excluding hydrogens is 422 g/mol. The van der Waals surface area contributed by atoms with Gasteiger partial charge in [-0.3, -0.25) is 4.79 Å². The van der Waals surface area contributed by atoms with Gasteiger partial charge in [0.2, 0.25) is 0 Å². The summed E-state index contributed by atoms with van der Waals surface area (Å²) in [5.41, 5.74) is 1.91. The molecular formula is C26H39NO4S. The van der Waals surface area contributed by atoms with Gasteiger partial charge < -0.3 is 14.6 Å². The first-order chi connectivity index (χ1) is 15.2. The Morgan fingerprint density at radius 3 is 2.88 bits per heavy atom. The molecule has 2 aliphatic heterocycles. The zero-order valence-electron chi connectivity index (χ0n) is 20.2. The Morgan fingerprint density at radius 2 is 2.12 bits per heavy atom. The van der Waals surface area contributed by atoms with Gasteiger partial charge in [0, 0.05) is 12.8 Å². The van der Waals surface area contributed by atoms with E-state index in [1.165, 1.54) is 0 Å². The molecule has 2 fully saturated rings. The second-order valence-electron chi connectivity index (χ2n) is 10.0. The summed E-state index contributed by atoms with van der Waals surface area (Å²) < 4.78 is 12.0. The van der Waals surface area contributed by atoms with Gasteiger partial charge in [-0.15, -0.1) is 11.8 Å². The maximum absolute atomic E-state index is 12.7. The summed E-state index contributed by atoms with van der Waals surface area (Å²) in [5, 5.41) is 11.5. The minimum atomic E-state index is -0.661. The number of aliphatic hydroxyl groups is 1. The molecule has 6 heteroatoms. The number of hydrogen-bond donors (Lipinski definition) is 1. The maximum Gasteiger partial charge on any atom is 0.308 e. The minimum absolute atomic E-state index is 0.0489. The quantitative estimate of drug-likeness (QED) is 0.355. The van der Waals surface area contributed by atoms with Gasteiger partial charge in [0.1, 0.15) is 6.10 Å². The first-order valence-electron chi connectivity index (χ1n) is 11.9. The van der Waals surface area contributed by atoms with Crippen LogP contribution in [0.4, 0.5) is 0 Å². The van der Waals surface area contributed by atoms with Crippen LogP contribution in [0.25, 0.3) is 6.08 Å². The van der Waals surface area contributed by atoms with E-state index in [0.717, 1.165) is 42.0 Å². The molecule has 0 radical (unpaired) electrons. The lowest BCUT2D eigenvalue weighted by atomic mass is 9.87. The van der Waals surface area contributed by atoms with E-state index in [9.17, 15) is 9.90 Å². The Kier molecular flexibility index (Phi) is 8.82. The van der Waals surface area contributed by atoms with Crippen molar-refractivity contribution >= 4 is 23.8 Å². The Morgan fingerprint density at radius 1 is 1.34 bits per heavy atom. The summed E-state index contributed by atoms with van der Waals surface area (Å²) in [4.78, 5) is 17.3. The topological polar surface area (TPSA) is 72.0 Å². The number of cyclic esters (lactones) is 1. The van der Waals surface area contributed by atoms with Crippen LogP contribution in [0, 0.1) is 11.8 Å². The average molecular weight is 462 g/mol. The molecule has 1 unspecified atom stereocenters. The number of fused-ring (bicyclic) bond motifs is 1. The van der Waals surface area contributed by atoms with E-state index in [0.29, 0.717) is 18.8 Å². The van der Waals surface area contributed by atoms with Crippen LogP contribution in [0.5, 0.6) is 0 Å². The Labute approximate surface area is 197 Å². The average Bonchev–Trinajstić information content (AvgIpc) is 3.35. The highest BCUT2D eigenvalue weighted by Gasteiger charge is 2.52. The largest absolute Gasteiger partial charge is 0.462 e. The third kappa shape index (κ3) is 7.32. The van der Waals surface area contributed by atoms with E-state index in [4.69, 9.17) is 9.47 Å². The third-order valence-electron chi connectivity index (χ3n) is 6.89. The Hall–Kier alpha value is -1.37. The van der Waals surface area contributed by atoms with Gasteiger partial charge >= 0.3 is 5.97 Å². The number of aromatic nitrogens is 1. The predicted octanol–water partition coefficient (Wildman–Crippen LogP) is 5.65. The highest BCUT2D eigenvalue weighted by molar-refractivity contribution is 7.98. The number of epoxide rings is 1. The summed E-state index contributed by atoms with van der Waals surface area (Å²) in [6.45, 7) is 8.50. The molecule has 6 atom stereocenters. The molecule has 3 heterocycles. The van der Waals surface area contributed by atoms with Crippen molar-refractivity contribution in [3.8, 4) is 0 Å². The Bertz CT molecular complexity index is 813. The molecule has 0 spiro atoms. The summed E-state index contributed by atoms with van der Waals surface area (Å²) in [7, 11) is 0. The molecule has 5 nitrogen and oxygen atoms in total. The normalized spacial score (nSPS) is 34.9. The van der Waals surface area contributed by atoms with Crippen molar-refractivity contribution in [2.45, 2.75) is 102 Å². The summed E-state index contributed by atoms with van der Waals surface area (Å²) in [5.74, 6) is 0.283. The summed E-state index contributed by atoms with van der Waals surface area (Å²) >= 11 is 1.62. The van der Waals surface area contributed by atoms with Crippen molar-refractivity contribution in [2.75, 3.05) is 6.26 Å². The highest BCUT2D eigenvalue weighted by atomic mass is 32.2. The summed E-state index contributed by atoms with van der Waals surface area (Å²) in [6.07, 6.45) is 8.83. The molecule has 2 saturated heterocycles. The molecule has 1 aromatic heterocycles. The van der Waals surface area contributed by atoms with Crippen molar-refractivity contribution in [1.82, 2.24) is 4.98 Å². The highest BCUT2D eigenvalue weighted by Crippen LogP contribution is 2.44. The van der Waals surface area contributed by atoms with Crippen molar-refractivity contribution in [3.05, 3.63) is 29.5 Å². The van der Waals surface area contributed by atoms with Gasteiger partial charge in [-0.25, -0.2) is 4.98 Å². The second kappa shape index (κ2) is 11.2. The molecule has 0 aromatic carbocycles. The van der Waals surface area contributed by atoms with Crippen LogP contribution in [0.3, 0.4) is 0 Å². The monoisotopic (exact) mass is 461 g/mol. The molecule has 32 heavy (non-hydrogen) atoms. The van der Waals surface area contributed by atoms with Crippen LogP contribution in [-0.2, 0) is 14.3 Å². The first kappa shape index (κ1) is 25.3. The van der Waals surface area contributed by atoms with E-state index in [1.807, 2.05) is 31.4 Å². The number of nitrogens with zero attached hydrogens (tertiary/aromatic N) is 1. The number of pyridine rings is 1. The lowest BCUT2D eigenvalue weighted by Gasteiger charge is -2.24. The van der Waals surface area contributed by atoms with Gasteiger partial charge in [0.25, 0.3) is 0 Å². The number of thioether (sulfide) groups is 1. The molecule has 178 valence electrons. The smallest absolute Gasteiger partial charge is 0.308 e. The van der Waals surface area contributed by atoms with E-state index in [-0.39, 0.29) is 36.1 Å². The van der Waals surface area contributed by atoms with Crippen LogP contribution >= 0.6 is 11.8 Å². The lowest BCUT2D eigenvalue weighted by Crippen LogP contribution is -2.28. The van der Waals surface area contributed by atoms with Gasteiger partial charge in [0.15, 0.2) is 0 Å². The number of carbonyl (C=O) groups excluding carboxylic acids is 1. The van der Waals surface area contributed by atoms with E-state index in [2.05, 4.69) is 31.8 Å². The van der Waals surface area contributed by atoms with Gasteiger partial charge in [-0.05, 0) is 63.0 Å². The van der Waals surface area contributed by atoms with Gasteiger partial charge in [-0.2, -0.15) is 0 Å². The molecule has 0 saturated carbocycles. The second-order valence-corrected chi connectivity index (χ2v) is 10.9. The fraction of sp³-hybridized carbons (Fsp3) is 0.692. The van der Waals surface area contributed by atoms with Crippen molar-refractivity contribution in [1.29, 1.82) is 0 Å². The van der Waals surface area contributed by atoms with Crippen molar-refractivity contribution < 1.29 is 19.4 Å².